The number of rotatable bonds is 2. The predicted octanol–water partition coefficient (Wildman–Crippen LogP) is 0.352. The van der Waals surface area contributed by atoms with Crippen LogP contribution < -0.4 is 10.7 Å². The van der Waals surface area contributed by atoms with Crippen LogP contribution in [0.4, 0.5) is 0 Å². The quantitative estimate of drug-likeness (QED) is 0.639. The minimum Gasteiger partial charge on any atom is -0.258 e. The van der Waals surface area contributed by atoms with Crippen LogP contribution in [0.15, 0.2) is 12.2 Å². The van der Waals surface area contributed by atoms with E-state index in [1.54, 1.807) is 0 Å². The molecule has 0 saturated carbocycles. The lowest BCUT2D eigenvalue weighted by Gasteiger charge is -1.95. The third kappa shape index (κ3) is 1.81. The molecule has 0 saturated heterocycles. The normalized spacial score (nSPS) is 12.8. The fourth-order valence-corrected chi connectivity index (χ4v) is 1.13. The largest absolute Gasteiger partial charge is 0.258 e. The minimum atomic E-state index is 0.772. The highest BCUT2D eigenvalue weighted by atomic mass is 15.3. The molecule has 0 fully saturated rings. The summed E-state index contributed by atoms with van der Waals surface area (Å²) in [6.45, 7) is 11.6. The second-order valence-corrected chi connectivity index (χ2v) is 3.05. The summed E-state index contributed by atoms with van der Waals surface area (Å²) in [6.07, 6.45) is 0.856. The van der Waals surface area contributed by atoms with Crippen molar-refractivity contribution < 1.29 is 0 Å². The number of H-pyrrole nitrogens is 1. The molecule has 12 heavy (non-hydrogen) atoms. The molecule has 3 heteroatoms. The van der Waals surface area contributed by atoms with E-state index in [9.17, 15) is 0 Å². The van der Waals surface area contributed by atoms with Crippen molar-refractivity contribution in [3.8, 4) is 0 Å². The highest BCUT2D eigenvalue weighted by molar-refractivity contribution is 5.42. The van der Waals surface area contributed by atoms with E-state index >= 15 is 0 Å². The zero-order valence-corrected chi connectivity index (χ0v) is 7.52. The maximum Gasteiger partial charge on any atom is 0.111 e. The van der Waals surface area contributed by atoms with Gasteiger partial charge < -0.3 is 0 Å². The molecule has 0 aromatic carbocycles. The lowest BCUT2D eigenvalue weighted by Crippen LogP contribution is -2.25. The number of hydrogen-bond donors (Lipinski definition) is 1. The minimum absolute atomic E-state index is 0.772. The Balaban J connectivity index is 3.16. The molecule has 1 rings (SSSR count). The van der Waals surface area contributed by atoms with Gasteiger partial charge in [0.1, 0.15) is 5.35 Å². The van der Waals surface area contributed by atoms with Crippen LogP contribution in [0.2, 0.25) is 0 Å². The summed E-state index contributed by atoms with van der Waals surface area (Å²) in [5.41, 5.74) is 2.27. The summed E-state index contributed by atoms with van der Waals surface area (Å²) in [7, 11) is 0. The Bertz CT molecular complexity index is 386. The van der Waals surface area contributed by atoms with Gasteiger partial charge in [-0.25, -0.2) is 0 Å². The Morgan fingerprint density at radius 1 is 1.50 bits per heavy atom. The van der Waals surface area contributed by atoms with Crippen molar-refractivity contribution in [1.29, 1.82) is 0 Å². The van der Waals surface area contributed by atoms with Crippen LogP contribution in [0.25, 0.3) is 12.2 Å². The maximum absolute atomic E-state index is 3.92. The second-order valence-electron chi connectivity index (χ2n) is 3.05. The van der Waals surface area contributed by atoms with Crippen LogP contribution in [0.5, 0.6) is 0 Å². The molecule has 64 valence electrons. The number of nitrogens with one attached hydrogen (secondary N) is 1. The number of aromatic amines is 1. The summed E-state index contributed by atoms with van der Waals surface area (Å²) < 4.78 is 0. The van der Waals surface area contributed by atoms with E-state index in [1.165, 1.54) is 0 Å². The molecule has 1 N–H and O–H groups in total. The first-order valence-corrected chi connectivity index (χ1v) is 3.81. The monoisotopic (exact) mass is 163 g/mol. The van der Waals surface area contributed by atoms with Gasteiger partial charge in [-0.15, -0.1) is 5.10 Å². The van der Waals surface area contributed by atoms with E-state index in [1.807, 2.05) is 13.8 Å². The van der Waals surface area contributed by atoms with Gasteiger partial charge in [0.25, 0.3) is 0 Å². The van der Waals surface area contributed by atoms with Crippen LogP contribution in [0, 0.1) is 0 Å². The molecule has 1 aromatic rings. The highest BCUT2D eigenvalue weighted by Gasteiger charge is 1.95. The average molecular weight is 163 g/mol. The van der Waals surface area contributed by atoms with Crippen molar-refractivity contribution in [2.45, 2.75) is 20.3 Å². The van der Waals surface area contributed by atoms with Gasteiger partial charge in [0, 0.05) is 0 Å². The van der Waals surface area contributed by atoms with Crippen molar-refractivity contribution in [2.24, 2.45) is 0 Å². The van der Waals surface area contributed by atoms with Gasteiger partial charge in [-0.2, -0.15) is 0 Å². The van der Waals surface area contributed by atoms with Crippen LogP contribution in [-0.4, -0.2) is 15.4 Å². The first-order valence-electron chi connectivity index (χ1n) is 3.81. The highest BCUT2D eigenvalue weighted by Crippen LogP contribution is 2.04. The van der Waals surface area contributed by atoms with E-state index in [-0.39, 0.29) is 0 Å². The van der Waals surface area contributed by atoms with Crippen LogP contribution in [-0.2, 0) is 0 Å². The zero-order chi connectivity index (χ0) is 9.14. The molecule has 0 aliphatic rings. The summed E-state index contributed by atoms with van der Waals surface area (Å²) in [6, 6.07) is 0. The number of allylic oxidation sites excluding steroid dienone is 1. The maximum atomic E-state index is 3.92. The molecular formula is C9H13N3. The predicted molar refractivity (Wildman–Crippen MR) is 49.7 cm³/mol. The Hall–Kier alpha value is -1.38. The Labute approximate surface area is 71.5 Å². The fraction of sp³-hybridized carbons (Fsp3) is 0.333. The molecule has 0 radical (unpaired) electrons. The van der Waals surface area contributed by atoms with Gasteiger partial charge >= 0.3 is 0 Å². The summed E-state index contributed by atoms with van der Waals surface area (Å²) in [5.74, 6) is 0. The van der Waals surface area contributed by atoms with Crippen LogP contribution in [0.1, 0.15) is 20.3 Å². The topological polar surface area (TPSA) is 41.6 Å². The van der Waals surface area contributed by atoms with E-state index in [0.717, 1.165) is 28.3 Å². The fourth-order valence-electron chi connectivity index (χ4n) is 1.13. The smallest absolute Gasteiger partial charge is 0.111 e. The molecule has 0 bridgehead atoms. The number of nitrogens with zero attached hydrogens (tertiary/aromatic N) is 2. The Kier molecular flexibility index (Phi) is 2.43. The zero-order valence-electron chi connectivity index (χ0n) is 7.52. The van der Waals surface area contributed by atoms with Crippen molar-refractivity contribution >= 4 is 12.2 Å². The van der Waals surface area contributed by atoms with E-state index in [2.05, 4.69) is 28.6 Å². The molecule has 1 heterocycles. The average Bonchev–Trinajstić information content (AvgIpc) is 2.33. The van der Waals surface area contributed by atoms with Gasteiger partial charge in [-0.3, -0.25) is 5.10 Å². The molecule has 0 aliphatic heterocycles. The van der Waals surface area contributed by atoms with Crippen molar-refractivity contribution in [1.82, 2.24) is 15.4 Å². The molecule has 0 aliphatic carbocycles. The third-order valence-electron chi connectivity index (χ3n) is 1.59. The lowest BCUT2D eigenvalue weighted by molar-refractivity contribution is 0.923. The third-order valence-corrected chi connectivity index (χ3v) is 1.59. The van der Waals surface area contributed by atoms with Gasteiger partial charge in [0.15, 0.2) is 0 Å². The Morgan fingerprint density at radius 2 is 2.17 bits per heavy atom. The molecule has 0 spiro atoms. The summed E-state index contributed by atoms with van der Waals surface area (Å²) >= 11 is 0. The Morgan fingerprint density at radius 3 is 2.58 bits per heavy atom. The second kappa shape index (κ2) is 3.34. The first kappa shape index (κ1) is 8.71. The van der Waals surface area contributed by atoms with Crippen LogP contribution >= 0.6 is 0 Å². The van der Waals surface area contributed by atoms with E-state index in [4.69, 9.17) is 0 Å². The van der Waals surface area contributed by atoms with E-state index in [0.29, 0.717) is 0 Å². The number of aromatic nitrogens is 3. The van der Waals surface area contributed by atoms with Crippen LogP contribution in [0.3, 0.4) is 0 Å². The SMILES string of the molecule is C=C(C)C/C(C)=c1\nn[nH]c1=C. The van der Waals surface area contributed by atoms with Crippen molar-refractivity contribution in [3.63, 3.8) is 0 Å². The molecule has 0 amide bonds. The van der Waals surface area contributed by atoms with Crippen molar-refractivity contribution in [3.05, 3.63) is 22.9 Å². The van der Waals surface area contributed by atoms with Crippen molar-refractivity contribution in [2.75, 3.05) is 0 Å². The molecule has 0 atom stereocenters. The molecule has 0 unspecified atom stereocenters. The van der Waals surface area contributed by atoms with Gasteiger partial charge in [0.2, 0.25) is 0 Å². The summed E-state index contributed by atoms with van der Waals surface area (Å²) in [5, 5.41) is 11.9. The van der Waals surface area contributed by atoms with E-state index < -0.39 is 0 Å². The first-order chi connectivity index (χ1) is 5.61. The van der Waals surface area contributed by atoms with Gasteiger partial charge in [-0.05, 0) is 25.8 Å². The molecule has 3 nitrogen and oxygen atoms in total. The number of hydrogen-bond acceptors (Lipinski definition) is 2. The lowest BCUT2D eigenvalue weighted by atomic mass is 10.1. The van der Waals surface area contributed by atoms with Gasteiger partial charge in [-0.1, -0.05) is 23.9 Å². The standard InChI is InChI=1S/C9H13N3/c1-6(2)5-7(3)9-8(4)10-12-11-9/h1,4-5H2,2-3H3,(H,10,11)/b9-7-. The molecule has 1 aromatic heterocycles. The van der Waals surface area contributed by atoms with Gasteiger partial charge in [0.05, 0.1) is 5.35 Å². The molecular weight excluding hydrogens is 150 g/mol. The summed E-state index contributed by atoms with van der Waals surface area (Å²) in [4.78, 5) is 0.